The van der Waals surface area contributed by atoms with Crippen molar-refractivity contribution >= 4 is 23.9 Å². The molecular formula is C44H55N3O14. The summed E-state index contributed by atoms with van der Waals surface area (Å²) in [5, 5.41) is 53.6. The molecule has 0 aromatic heterocycles. The number of amides is 2. The summed E-state index contributed by atoms with van der Waals surface area (Å²) in [6, 6.07) is 14.7. The van der Waals surface area contributed by atoms with Crippen LogP contribution in [0, 0.1) is 17.3 Å². The highest BCUT2D eigenvalue weighted by atomic mass is 16.8. The minimum absolute atomic E-state index is 0.00514. The van der Waals surface area contributed by atoms with Crippen molar-refractivity contribution < 1.29 is 68.4 Å². The third-order valence-corrected chi connectivity index (χ3v) is 13.5. The van der Waals surface area contributed by atoms with Crippen LogP contribution >= 0.6 is 0 Å². The fourth-order valence-corrected chi connectivity index (χ4v) is 10.1. The van der Waals surface area contributed by atoms with Crippen molar-refractivity contribution in [1.82, 2.24) is 15.3 Å². The molecule has 0 unspecified atom stereocenters. The maximum atomic E-state index is 15.4. The molecule has 2 aromatic carbocycles. The summed E-state index contributed by atoms with van der Waals surface area (Å²) in [6.45, 7) is -0.708. The van der Waals surface area contributed by atoms with E-state index in [9.17, 15) is 35.1 Å². The van der Waals surface area contributed by atoms with Crippen molar-refractivity contribution in [1.29, 1.82) is 0 Å². The topological polar surface area (TPSA) is 226 Å². The van der Waals surface area contributed by atoms with Crippen LogP contribution in [0.1, 0.15) is 48.8 Å². The van der Waals surface area contributed by atoms with E-state index >= 15 is 4.79 Å². The molecule has 7 aliphatic rings. The van der Waals surface area contributed by atoms with Gasteiger partial charge in [-0.1, -0.05) is 66.7 Å². The Hall–Kier alpha value is -3.85. The van der Waals surface area contributed by atoms with E-state index in [1.165, 1.54) is 9.96 Å². The molecular weight excluding hydrogens is 794 g/mol. The Morgan fingerprint density at radius 3 is 2.33 bits per heavy atom. The zero-order valence-electron chi connectivity index (χ0n) is 33.9. The molecule has 61 heavy (non-hydrogen) atoms. The van der Waals surface area contributed by atoms with Crippen LogP contribution in [-0.4, -0.2) is 160 Å². The van der Waals surface area contributed by atoms with E-state index in [1.807, 2.05) is 54.6 Å². The lowest BCUT2D eigenvalue weighted by molar-refractivity contribution is -0.298. The first-order valence-corrected chi connectivity index (χ1v) is 21.4. The van der Waals surface area contributed by atoms with Crippen LogP contribution in [0.25, 0.3) is 6.08 Å². The first kappa shape index (κ1) is 42.5. The highest BCUT2D eigenvalue weighted by molar-refractivity contribution is 5.96. The van der Waals surface area contributed by atoms with Crippen molar-refractivity contribution in [3.63, 3.8) is 0 Å². The van der Waals surface area contributed by atoms with Gasteiger partial charge in [-0.15, -0.1) is 0 Å². The van der Waals surface area contributed by atoms with Gasteiger partial charge in [0.05, 0.1) is 26.4 Å². The van der Waals surface area contributed by atoms with Gasteiger partial charge in [-0.25, -0.2) is 0 Å². The number of nitrogens with one attached hydrogen (secondary N) is 1. The largest absolute Gasteiger partial charge is 0.458 e. The first-order chi connectivity index (χ1) is 29.5. The van der Waals surface area contributed by atoms with Gasteiger partial charge in [0.1, 0.15) is 60.3 Å². The highest BCUT2D eigenvalue weighted by Gasteiger charge is 2.78. The van der Waals surface area contributed by atoms with E-state index in [0.717, 1.165) is 42.4 Å². The monoisotopic (exact) mass is 849 g/mol. The molecule has 12 atom stereocenters. The van der Waals surface area contributed by atoms with E-state index < -0.39 is 103 Å². The fraction of sp³-hybridized carbons (Fsp3) is 0.614. The predicted octanol–water partition coefficient (Wildman–Crippen LogP) is -0.205. The first-order valence-electron chi connectivity index (χ1n) is 21.4. The van der Waals surface area contributed by atoms with Gasteiger partial charge in [0, 0.05) is 38.3 Å². The van der Waals surface area contributed by atoms with Crippen LogP contribution in [0.2, 0.25) is 0 Å². The molecule has 17 heteroatoms. The number of carbonyl (C=O) groups excluding carboxylic acids is 3. The number of benzene rings is 2. The summed E-state index contributed by atoms with van der Waals surface area (Å²) in [6.07, 6.45) is -2.25. The van der Waals surface area contributed by atoms with Gasteiger partial charge < -0.3 is 59.4 Å². The van der Waals surface area contributed by atoms with Crippen molar-refractivity contribution in [3.8, 4) is 0 Å². The van der Waals surface area contributed by atoms with E-state index in [-0.39, 0.29) is 51.0 Å². The molecule has 4 aliphatic heterocycles. The third kappa shape index (κ3) is 7.71. The molecule has 330 valence electrons. The number of nitrogens with zero attached hydrogens (tertiary/aromatic N) is 2. The number of hydrogen-bond donors (Lipinski definition) is 6. The molecule has 0 radical (unpaired) electrons. The molecule has 9 rings (SSSR count). The number of hydroxylamine groups is 2. The maximum absolute atomic E-state index is 15.4. The SMILES string of the molecule is CN(C(=O)[C@@]12C[C@H]3OC(=O)[C@@H]1N(Cc1ccc(C=CCO[C@H]4O[C@H](CO)[C@H](O)[C@H](O)[C@H]4O)cc1)O[C@@H]2[C@H]1OC(C2CC2)(C2CC2)O[C@H]13)[C@H](Cc1ccccc1)C(=O)NCCO. The Balaban J connectivity index is 0.969. The second-order valence-corrected chi connectivity index (χ2v) is 17.5. The van der Waals surface area contributed by atoms with Crippen molar-refractivity contribution in [2.75, 3.05) is 33.4 Å². The number of hydrogen-bond acceptors (Lipinski definition) is 15. The van der Waals surface area contributed by atoms with Crippen LogP contribution in [0.3, 0.4) is 0 Å². The number of esters is 1. The second kappa shape index (κ2) is 17.0. The Bertz CT molecular complexity index is 1930. The van der Waals surface area contributed by atoms with Crippen LogP contribution in [0.4, 0.5) is 0 Å². The maximum Gasteiger partial charge on any atom is 0.327 e. The Morgan fingerprint density at radius 1 is 0.951 bits per heavy atom. The summed E-state index contributed by atoms with van der Waals surface area (Å²) < 4.78 is 31.1. The van der Waals surface area contributed by atoms with Gasteiger partial charge in [-0.05, 0) is 42.4 Å². The summed E-state index contributed by atoms with van der Waals surface area (Å²) in [5.41, 5.74) is 0.915. The minimum atomic E-state index is -1.54. The van der Waals surface area contributed by atoms with Crippen molar-refractivity contribution in [3.05, 3.63) is 77.4 Å². The standard InChI is InChI=1S/C44H55N3O14/c1-46(29(39(53)45-17-18-48)20-25-6-3-2-4-7-25)42(55)43-21-30-35-36(60-44(59-35,27-13-14-27)28-15-16-28)38(43)61-47(37(43)40(54)57-30)22-26-11-9-24(10-12-26)8-5-19-56-41-34(52)33(51)32(50)31(23-49)58-41/h2-12,27-38,41,48-52H,13-23H2,1H3,(H,45,53)/t29-,30-,31-,32+,33+,34-,35+,36+,37+,38-,41+,43+/m1/s1. The lowest BCUT2D eigenvalue weighted by atomic mass is 9.62. The number of ether oxygens (including phenoxy) is 5. The van der Waals surface area contributed by atoms with Gasteiger partial charge in [0.25, 0.3) is 0 Å². The van der Waals surface area contributed by atoms with Gasteiger partial charge in [-0.3, -0.25) is 19.2 Å². The highest BCUT2D eigenvalue weighted by Crippen LogP contribution is 2.64. The quantitative estimate of drug-likeness (QED) is 0.120. The fourth-order valence-electron chi connectivity index (χ4n) is 10.1. The van der Waals surface area contributed by atoms with Crippen LogP contribution in [0.5, 0.6) is 0 Å². The van der Waals surface area contributed by atoms with Gasteiger partial charge >= 0.3 is 5.97 Å². The van der Waals surface area contributed by atoms with E-state index in [0.29, 0.717) is 0 Å². The average Bonchev–Trinajstić information content (AvgIpc) is 4.22. The molecule has 6 N–H and O–H groups in total. The Labute approximate surface area is 353 Å². The number of rotatable bonds is 16. The summed E-state index contributed by atoms with van der Waals surface area (Å²) in [4.78, 5) is 51.9. The van der Waals surface area contributed by atoms with Crippen LogP contribution in [0.15, 0.2) is 60.7 Å². The van der Waals surface area contributed by atoms with Gasteiger partial charge in [0.15, 0.2) is 18.1 Å². The number of aliphatic hydroxyl groups excluding tert-OH is 5. The lowest BCUT2D eigenvalue weighted by Crippen LogP contribution is -2.70. The molecule has 3 aliphatic carbocycles. The Morgan fingerprint density at radius 2 is 1.66 bits per heavy atom. The number of carbonyl (C=O) groups is 3. The Kier molecular flexibility index (Phi) is 11.8. The average molecular weight is 850 g/mol. The summed E-state index contributed by atoms with van der Waals surface area (Å²) >= 11 is 0. The molecule has 17 nitrogen and oxygen atoms in total. The van der Waals surface area contributed by atoms with Crippen LogP contribution in [-0.2, 0) is 55.9 Å². The molecule has 3 saturated carbocycles. The molecule has 7 fully saturated rings. The minimum Gasteiger partial charge on any atom is -0.458 e. The normalized spacial score (nSPS) is 35.7. The van der Waals surface area contributed by atoms with Gasteiger partial charge in [0.2, 0.25) is 11.8 Å². The zero-order chi connectivity index (χ0) is 42.6. The van der Waals surface area contributed by atoms with Crippen molar-refractivity contribution in [2.24, 2.45) is 17.3 Å². The molecule has 2 amide bonds. The summed E-state index contributed by atoms with van der Waals surface area (Å²) in [7, 11) is 1.58. The smallest absolute Gasteiger partial charge is 0.327 e. The molecule has 0 spiro atoms. The predicted molar refractivity (Wildman–Crippen MR) is 211 cm³/mol. The van der Waals surface area contributed by atoms with E-state index in [1.54, 1.807) is 19.2 Å². The molecule has 2 bridgehead atoms. The zero-order valence-corrected chi connectivity index (χ0v) is 33.9. The van der Waals surface area contributed by atoms with Crippen molar-refractivity contribution in [2.45, 2.75) is 118 Å². The van der Waals surface area contributed by atoms with Gasteiger partial charge in [-0.2, -0.15) is 5.06 Å². The lowest BCUT2D eigenvalue weighted by Gasteiger charge is -2.50. The number of fused-ring (bicyclic) bond motifs is 4. The van der Waals surface area contributed by atoms with Crippen LogP contribution < -0.4 is 5.32 Å². The molecule has 4 heterocycles. The molecule has 4 saturated heterocycles. The summed E-state index contributed by atoms with van der Waals surface area (Å²) in [5.74, 6) is -1.89. The van der Waals surface area contributed by atoms with E-state index in [4.69, 9.17) is 28.5 Å². The third-order valence-electron chi connectivity index (χ3n) is 13.5. The molecule has 2 aromatic rings. The number of aliphatic hydroxyl groups is 5. The second-order valence-electron chi connectivity index (χ2n) is 17.5. The number of likely N-dealkylation sites (N-methyl/N-ethyl adjacent to an activating group) is 1. The van der Waals surface area contributed by atoms with E-state index in [2.05, 4.69) is 5.32 Å².